The van der Waals surface area contributed by atoms with E-state index in [1.54, 1.807) is 60.7 Å². The molecule has 168 valence electrons. The molecule has 0 aliphatic rings. The van der Waals surface area contributed by atoms with Crippen molar-refractivity contribution in [3.05, 3.63) is 87.9 Å². The molecule has 0 atom stereocenters. The van der Waals surface area contributed by atoms with Crippen molar-refractivity contribution in [3.8, 4) is 11.5 Å². The number of carbonyl (C=O) groups excluding carboxylic acids is 3. The highest BCUT2D eigenvalue weighted by molar-refractivity contribution is 6.39. The van der Waals surface area contributed by atoms with Gasteiger partial charge in [0.25, 0.3) is 0 Å². The van der Waals surface area contributed by atoms with E-state index < -0.39 is 17.8 Å². The smallest absolute Gasteiger partial charge is 0.345 e. The maximum absolute atomic E-state index is 12.4. The average Bonchev–Trinajstić information content (AvgIpc) is 2.81. The van der Waals surface area contributed by atoms with Gasteiger partial charge in [-0.3, -0.25) is 9.59 Å². The summed E-state index contributed by atoms with van der Waals surface area (Å²) in [4.78, 5) is 36.2. The Morgan fingerprint density at radius 2 is 1.64 bits per heavy atom. The van der Waals surface area contributed by atoms with E-state index in [0.717, 1.165) is 0 Å². The minimum atomic E-state index is -0.960. The Labute approximate surface area is 199 Å². The van der Waals surface area contributed by atoms with Crippen molar-refractivity contribution in [2.24, 2.45) is 5.10 Å². The molecule has 3 aromatic rings. The Hall–Kier alpha value is -3.88. The van der Waals surface area contributed by atoms with Crippen molar-refractivity contribution >= 4 is 52.9 Å². The maximum Gasteiger partial charge on any atom is 0.345 e. The zero-order valence-electron chi connectivity index (χ0n) is 17.2. The fraction of sp³-hybridized carbons (Fsp3) is 0.0435. The molecular formula is C23H17Cl2N3O5. The third-order valence-corrected chi connectivity index (χ3v) is 4.75. The van der Waals surface area contributed by atoms with Gasteiger partial charge in [0.15, 0.2) is 11.5 Å². The van der Waals surface area contributed by atoms with Gasteiger partial charge in [-0.25, -0.2) is 10.2 Å². The van der Waals surface area contributed by atoms with Crippen LogP contribution in [-0.4, -0.2) is 31.1 Å². The van der Waals surface area contributed by atoms with E-state index in [-0.39, 0.29) is 22.1 Å². The van der Waals surface area contributed by atoms with Gasteiger partial charge in [0.1, 0.15) is 0 Å². The zero-order chi connectivity index (χ0) is 23.8. The van der Waals surface area contributed by atoms with Crippen LogP contribution in [0.3, 0.4) is 0 Å². The van der Waals surface area contributed by atoms with E-state index in [2.05, 4.69) is 15.8 Å². The number of nitrogens with zero attached hydrogens (tertiary/aromatic N) is 1. The van der Waals surface area contributed by atoms with Gasteiger partial charge in [-0.1, -0.05) is 35.3 Å². The molecule has 33 heavy (non-hydrogen) atoms. The standard InChI is InChI=1S/C23H17Cl2N3O5/c1-32-20-12-14(6-11-19(20)33-23(31)17-4-2-3-5-18(17)25)13-26-28-22(30)21(29)27-16-9-7-15(24)8-10-16/h2-13H,1H3,(H,27,29)(H,28,30). The van der Waals surface area contributed by atoms with Gasteiger partial charge in [-0.2, -0.15) is 5.10 Å². The highest BCUT2D eigenvalue weighted by atomic mass is 35.5. The molecule has 0 bridgehead atoms. The molecule has 0 saturated heterocycles. The van der Waals surface area contributed by atoms with Crippen LogP contribution < -0.4 is 20.2 Å². The van der Waals surface area contributed by atoms with Crippen LogP contribution in [0.5, 0.6) is 11.5 Å². The lowest BCUT2D eigenvalue weighted by atomic mass is 10.2. The average molecular weight is 486 g/mol. The van der Waals surface area contributed by atoms with Gasteiger partial charge < -0.3 is 14.8 Å². The van der Waals surface area contributed by atoms with Crippen LogP contribution in [0.25, 0.3) is 0 Å². The monoisotopic (exact) mass is 485 g/mol. The van der Waals surface area contributed by atoms with Crippen LogP contribution in [0, 0.1) is 0 Å². The number of esters is 1. The molecule has 0 fully saturated rings. The first-order valence-electron chi connectivity index (χ1n) is 9.42. The van der Waals surface area contributed by atoms with Crippen LogP contribution in [-0.2, 0) is 9.59 Å². The molecular weight excluding hydrogens is 469 g/mol. The van der Waals surface area contributed by atoms with E-state index in [1.165, 1.54) is 19.4 Å². The summed E-state index contributed by atoms with van der Waals surface area (Å²) in [5, 5.41) is 6.94. The summed E-state index contributed by atoms with van der Waals surface area (Å²) in [5.41, 5.74) is 3.27. The number of hydrazone groups is 1. The van der Waals surface area contributed by atoms with Crippen LogP contribution >= 0.6 is 23.2 Å². The molecule has 2 N–H and O–H groups in total. The second-order valence-electron chi connectivity index (χ2n) is 6.44. The molecule has 3 aromatic carbocycles. The van der Waals surface area contributed by atoms with E-state index in [9.17, 15) is 14.4 Å². The molecule has 0 heterocycles. The second kappa shape index (κ2) is 11.1. The van der Waals surface area contributed by atoms with Crippen molar-refractivity contribution in [1.29, 1.82) is 0 Å². The lowest BCUT2D eigenvalue weighted by molar-refractivity contribution is -0.136. The fourth-order valence-electron chi connectivity index (χ4n) is 2.57. The molecule has 0 unspecified atom stereocenters. The van der Waals surface area contributed by atoms with Gasteiger partial charge >= 0.3 is 17.8 Å². The van der Waals surface area contributed by atoms with Crippen molar-refractivity contribution in [2.45, 2.75) is 0 Å². The topological polar surface area (TPSA) is 106 Å². The Bertz CT molecular complexity index is 1210. The van der Waals surface area contributed by atoms with Crippen LogP contribution in [0.15, 0.2) is 71.8 Å². The van der Waals surface area contributed by atoms with Crippen molar-refractivity contribution in [1.82, 2.24) is 5.43 Å². The van der Waals surface area contributed by atoms with Crippen molar-refractivity contribution < 1.29 is 23.9 Å². The van der Waals surface area contributed by atoms with Gasteiger partial charge in [0, 0.05) is 10.7 Å². The van der Waals surface area contributed by atoms with Crippen LogP contribution in [0.1, 0.15) is 15.9 Å². The Morgan fingerprint density at radius 3 is 2.33 bits per heavy atom. The quantitative estimate of drug-likeness (QED) is 0.178. The Kier molecular flexibility index (Phi) is 8.01. The van der Waals surface area contributed by atoms with Crippen LogP contribution in [0.4, 0.5) is 5.69 Å². The summed E-state index contributed by atoms with van der Waals surface area (Å²) in [5.74, 6) is -2.07. The number of ether oxygens (including phenoxy) is 2. The fourth-order valence-corrected chi connectivity index (χ4v) is 2.91. The normalized spacial score (nSPS) is 10.5. The summed E-state index contributed by atoms with van der Waals surface area (Å²) in [7, 11) is 1.41. The molecule has 2 amide bonds. The number of nitrogens with one attached hydrogen (secondary N) is 2. The number of halogens is 2. The molecule has 10 heteroatoms. The summed E-state index contributed by atoms with van der Waals surface area (Å²) < 4.78 is 10.6. The second-order valence-corrected chi connectivity index (χ2v) is 7.28. The van der Waals surface area contributed by atoms with Gasteiger partial charge in [0.2, 0.25) is 0 Å². The number of hydrogen-bond donors (Lipinski definition) is 2. The van der Waals surface area contributed by atoms with Gasteiger partial charge in [-0.15, -0.1) is 0 Å². The summed E-state index contributed by atoms with van der Waals surface area (Å²) in [6.07, 6.45) is 1.30. The number of anilines is 1. The minimum absolute atomic E-state index is 0.172. The summed E-state index contributed by atoms with van der Waals surface area (Å²) in [6.45, 7) is 0. The van der Waals surface area contributed by atoms with E-state index >= 15 is 0 Å². The van der Waals surface area contributed by atoms with Crippen LogP contribution in [0.2, 0.25) is 10.0 Å². The number of methoxy groups -OCH3 is 1. The van der Waals surface area contributed by atoms with Gasteiger partial charge in [-0.05, 0) is 60.2 Å². The Balaban J connectivity index is 1.61. The van der Waals surface area contributed by atoms with E-state index in [1.807, 2.05) is 0 Å². The Morgan fingerprint density at radius 1 is 0.909 bits per heavy atom. The third kappa shape index (κ3) is 6.55. The summed E-state index contributed by atoms with van der Waals surface area (Å²) in [6, 6.07) is 17.4. The number of carbonyl (C=O) groups is 3. The summed E-state index contributed by atoms with van der Waals surface area (Å²) >= 11 is 11.8. The maximum atomic E-state index is 12.4. The first kappa shape index (κ1) is 23.8. The molecule has 0 spiro atoms. The number of amides is 2. The molecule has 3 rings (SSSR count). The molecule has 0 radical (unpaired) electrons. The predicted octanol–water partition coefficient (Wildman–Crippen LogP) is 4.31. The molecule has 0 aromatic heterocycles. The largest absolute Gasteiger partial charge is 0.493 e. The zero-order valence-corrected chi connectivity index (χ0v) is 18.7. The first-order chi connectivity index (χ1) is 15.9. The van der Waals surface area contributed by atoms with Crippen molar-refractivity contribution in [3.63, 3.8) is 0 Å². The SMILES string of the molecule is COc1cc(C=NNC(=O)C(=O)Nc2ccc(Cl)cc2)ccc1OC(=O)c1ccccc1Cl. The predicted molar refractivity (Wildman–Crippen MR) is 125 cm³/mol. The lowest BCUT2D eigenvalue weighted by Crippen LogP contribution is -2.32. The number of benzene rings is 3. The van der Waals surface area contributed by atoms with E-state index in [4.69, 9.17) is 32.7 Å². The molecule has 0 aliphatic heterocycles. The highest BCUT2D eigenvalue weighted by Gasteiger charge is 2.16. The number of hydrogen-bond acceptors (Lipinski definition) is 6. The molecule has 0 aliphatic carbocycles. The highest BCUT2D eigenvalue weighted by Crippen LogP contribution is 2.29. The lowest BCUT2D eigenvalue weighted by Gasteiger charge is -2.10. The van der Waals surface area contributed by atoms with Gasteiger partial charge in [0.05, 0.1) is 23.9 Å². The first-order valence-corrected chi connectivity index (χ1v) is 10.2. The van der Waals surface area contributed by atoms with E-state index in [0.29, 0.717) is 16.3 Å². The third-order valence-electron chi connectivity index (χ3n) is 4.17. The molecule has 8 nitrogen and oxygen atoms in total. The van der Waals surface area contributed by atoms with Crippen molar-refractivity contribution in [2.75, 3.05) is 12.4 Å². The molecule has 0 saturated carbocycles. The number of rotatable bonds is 6. The minimum Gasteiger partial charge on any atom is -0.493 e.